The lowest BCUT2D eigenvalue weighted by atomic mass is 10.3. The Kier molecular flexibility index (Phi) is 8.55. The summed E-state index contributed by atoms with van der Waals surface area (Å²) >= 11 is 11.9. The van der Waals surface area contributed by atoms with Crippen LogP contribution in [-0.4, -0.2) is 60.4 Å². The number of hydrogen-bond donors (Lipinski definition) is 2. The van der Waals surface area contributed by atoms with Gasteiger partial charge in [0.1, 0.15) is 5.75 Å². The van der Waals surface area contributed by atoms with Crippen LogP contribution < -0.4 is 14.8 Å². The molecule has 0 saturated carbocycles. The minimum absolute atomic E-state index is 0.0243. The van der Waals surface area contributed by atoms with E-state index in [4.69, 9.17) is 32.7 Å². The summed E-state index contributed by atoms with van der Waals surface area (Å²) in [6, 6.07) is 10.2. The van der Waals surface area contributed by atoms with Crippen molar-refractivity contribution in [2.45, 2.75) is 31.3 Å². The first-order valence-corrected chi connectivity index (χ1v) is 13.7. The molecule has 4 rings (SSSR count). The first kappa shape index (κ1) is 27.1. The zero-order valence-corrected chi connectivity index (χ0v) is 22.5. The molecule has 1 aliphatic rings. The summed E-state index contributed by atoms with van der Waals surface area (Å²) in [5, 5.41) is 11.5. The van der Waals surface area contributed by atoms with E-state index < -0.39 is 16.1 Å². The number of hydrogen-bond acceptors (Lipinski definition) is 7. The van der Waals surface area contributed by atoms with Crippen molar-refractivity contribution in [2.75, 3.05) is 31.6 Å². The van der Waals surface area contributed by atoms with Gasteiger partial charge in [-0.15, -0.1) is 5.10 Å². The van der Waals surface area contributed by atoms with Crippen LogP contribution in [0.2, 0.25) is 10.0 Å². The van der Waals surface area contributed by atoms with Crippen molar-refractivity contribution in [3.05, 3.63) is 58.3 Å². The zero-order valence-electron chi connectivity index (χ0n) is 20.1. The molecule has 3 aromatic rings. The van der Waals surface area contributed by atoms with Crippen LogP contribution in [0.1, 0.15) is 25.7 Å². The molecule has 2 amide bonds. The number of ether oxygens (including phenoxy) is 2. The molecule has 0 unspecified atom stereocenters. The molecule has 0 spiro atoms. The number of nitrogens with one attached hydrogen (secondary N) is 2. The van der Waals surface area contributed by atoms with E-state index in [0.717, 1.165) is 0 Å². The maximum atomic E-state index is 12.9. The molecule has 0 bridgehead atoms. The fraction of sp³-hybridized carbons (Fsp3) is 0.348. The lowest BCUT2D eigenvalue weighted by Crippen LogP contribution is -2.43. The largest absolute Gasteiger partial charge is 0.424 e. The standard InChI is InChI=1S/C23H26Cl2N6O5S/c1-3-31-21(15(2)29-37(33,34)18-7-8-19(24)20(25)14-18)27-28-23(31)36-17-6-4-5-16(13-17)26-22(32)30-9-11-35-12-10-30/h4-8,13-15,29H,3,9-12H2,1-2H3,(H,26,32)/t15-/m1/s1. The van der Waals surface area contributed by atoms with Crippen LogP contribution in [0, 0.1) is 0 Å². The molecule has 14 heteroatoms. The van der Waals surface area contributed by atoms with Crippen molar-refractivity contribution >= 4 is 44.9 Å². The molecule has 2 aromatic carbocycles. The van der Waals surface area contributed by atoms with Gasteiger partial charge in [-0.1, -0.05) is 34.4 Å². The number of anilines is 1. The number of urea groups is 1. The minimum Gasteiger partial charge on any atom is -0.424 e. The Morgan fingerprint density at radius 1 is 1.14 bits per heavy atom. The summed E-state index contributed by atoms with van der Waals surface area (Å²) in [6.45, 7) is 6.00. The molecule has 1 saturated heterocycles. The van der Waals surface area contributed by atoms with E-state index >= 15 is 0 Å². The number of aromatic nitrogens is 3. The van der Waals surface area contributed by atoms with Gasteiger partial charge in [-0.3, -0.25) is 4.57 Å². The third-order valence-corrected chi connectivity index (χ3v) is 7.85. The molecule has 1 aromatic heterocycles. The summed E-state index contributed by atoms with van der Waals surface area (Å²) in [5.41, 5.74) is 0.555. The van der Waals surface area contributed by atoms with Crippen LogP contribution in [0.4, 0.5) is 10.5 Å². The normalized spacial score (nSPS) is 14.9. The highest BCUT2D eigenvalue weighted by Crippen LogP contribution is 2.28. The van der Waals surface area contributed by atoms with Crippen LogP contribution in [0.3, 0.4) is 0 Å². The summed E-state index contributed by atoms with van der Waals surface area (Å²) in [6.07, 6.45) is 0. The van der Waals surface area contributed by atoms with Crippen LogP contribution in [-0.2, 0) is 21.3 Å². The quantitative estimate of drug-likeness (QED) is 0.414. The highest BCUT2D eigenvalue weighted by atomic mass is 35.5. The number of halogens is 2. The monoisotopic (exact) mass is 568 g/mol. The molecule has 198 valence electrons. The van der Waals surface area contributed by atoms with E-state index in [1.165, 1.54) is 18.2 Å². The van der Waals surface area contributed by atoms with Crippen LogP contribution >= 0.6 is 23.2 Å². The summed E-state index contributed by atoms with van der Waals surface area (Å²) in [4.78, 5) is 14.1. The number of carbonyl (C=O) groups excluding carboxylic acids is 1. The molecule has 0 radical (unpaired) electrons. The topological polar surface area (TPSA) is 128 Å². The van der Waals surface area contributed by atoms with Crippen molar-refractivity contribution in [3.63, 3.8) is 0 Å². The van der Waals surface area contributed by atoms with Gasteiger partial charge in [0.25, 0.3) is 0 Å². The Morgan fingerprint density at radius 2 is 1.89 bits per heavy atom. The third-order valence-electron chi connectivity index (χ3n) is 5.58. The van der Waals surface area contributed by atoms with Gasteiger partial charge >= 0.3 is 12.0 Å². The molecule has 1 aliphatic heterocycles. The Morgan fingerprint density at radius 3 is 2.59 bits per heavy atom. The number of rotatable bonds is 8. The smallest absolute Gasteiger partial charge is 0.322 e. The number of nitrogens with zero attached hydrogens (tertiary/aromatic N) is 4. The second-order valence-corrected chi connectivity index (χ2v) is 10.7. The number of benzene rings is 2. The molecule has 2 N–H and O–H groups in total. The predicted molar refractivity (Wildman–Crippen MR) is 139 cm³/mol. The van der Waals surface area contributed by atoms with Crippen LogP contribution in [0.5, 0.6) is 11.8 Å². The van der Waals surface area contributed by atoms with Crippen molar-refractivity contribution in [2.24, 2.45) is 0 Å². The second-order valence-electron chi connectivity index (χ2n) is 8.16. The minimum atomic E-state index is -3.92. The molecule has 2 heterocycles. The van der Waals surface area contributed by atoms with Crippen molar-refractivity contribution < 1.29 is 22.7 Å². The van der Waals surface area contributed by atoms with Crippen molar-refractivity contribution in [3.8, 4) is 11.8 Å². The summed E-state index contributed by atoms with van der Waals surface area (Å²) < 4.78 is 41.2. The maximum absolute atomic E-state index is 12.9. The Balaban J connectivity index is 1.47. The maximum Gasteiger partial charge on any atom is 0.322 e. The number of amides is 2. The van der Waals surface area contributed by atoms with Gasteiger partial charge in [-0.2, -0.15) is 0 Å². The average molecular weight is 569 g/mol. The number of carbonyl (C=O) groups is 1. The van der Waals surface area contributed by atoms with Gasteiger partial charge in [-0.25, -0.2) is 17.9 Å². The van der Waals surface area contributed by atoms with Gasteiger partial charge in [0.15, 0.2) is 5.82 Å². The van der Waals surface area contributed by atoms with Crippen LogP contribution in [0.15, 0.2) is 47.4 Å². The Labute approximate surface area is 224 Å². The van der Waals surface area contributed by atoms with Gasteiger partial charge in [-0.05, 0) is 44.2 Å². The van der Waals surface area contributed by atoms with Crippen molar-refractivity contribution in [1.29, 1.82) is 0 Å². The highest BCUT2D eigenvalue weighted by Gasteiger charge is 2.25. The highest BCUT2D eigenvalue weighted by molar-refractivity contribution is 7.89. The fourth-order valence-electron chi connectivity index (χ4n) is 3.70. The van der Waals surface area contributed by atoms with Gasteiger partial charge < -0.3 is 19.7 Å². The first-order valence-electron chi connectivity index (χ1n) is 11.5. The Bertz CT molecular complexity index is 1380. The summed E-state index contributed by atoms with van der Waals surface area (Å²) in [7, 11) is -3.92. The van der Waals surface area contributed by atoms with E-state index in [1.54, 1.807) is 40.7 Å². The van der Waals surface area contributed by atoms with E-state index in [-0.39, 0.29) is 27.0 Å². The van der Waals surface area contributed by atoms with E-state index in [9.17, 15) is 13.2 Å². The lowest BCUT2D eigenvalue weighted by molar-refractivity contribution is 0.0564. The molecule has 37 heavy (non-hydrogen) atoms. The zero-order chi connectivity index (χ0) is 26.6. The van der Waals surface area contributed by atoms with Crippen LogP contribution in [0.25, 0.3) is 0 Å². The molecule has 11 nitrogen and oxygen atoms in total. The van der Waals surface area contributed by atoms with Crippen molar-refractivity contribution in [1.82, 2.24) is 24.4 Å². The lowest BCUT2D eigenvalue weighted by Gasteiger charge is -2.26. The predicted octanol–water partition coefficient (Wildman–Crippen LogP) is 4.30. The van der Waals surface area contributed by atoms with E-state index in [0.29, 0.717) is 50.1 Å². The first-order chi connectivity index (χ1) is 17.7. The molecular weight excluding hydrogens is 543 g/mol. The average Bonchev–Trinajstić information content (AvgIpc) is 3.28. The number of morpholine rings is 1. The third kappa shape index (κ3) is 6.51. The molecule has 1 fully saturated rings. The fourth-order valence-corrected chi connectivity index (χ4v) is 5.29. The Hall–Kier alpha value is -2.90. The molecule has 0 aliphatic carbocycles. The van der Waals surface area contributed by atoms with Gasteiger partial charge in [0.05, 0.1) is 34.2 Å². The molecular formula is C23H26Cl2N6O5S. The SMILES string of the molecule is CCn1c(Oc2cccc(NC(=O)N3CCOCC3)c2)nnc1[C@@H](C)NS(=O)(=O)c1ccc(Cl)c(Cl)c1. The molecule has 1 atom stereocenters. The summed E-state index contributed by atoms with van der Waals surface area (Å²) in [5.74, 6) is 0.787. The van der Waals surface area contributed by atoms with Gasteiger partial charge in [0, 0.05) is 31.4 Å². The van der Waals surface area contributed by atoms with E-state index in [2.05, 4.69) is 20.2 Å². The second kappa shape index (κ2) is 11.7. The van der Waals surface area contributed by atoms with E-state index in [1.807, 2.05) is 6.92 Å². The number of sulfonamides is 1. The van der Waals surface area contributed by atoms with Gasteiger partial charge in [0.2, 0.25) is 10.0 Å².